The number of nitrogens with zero attached hydrogens (tertiary/aromatic N) is 1. The monoisotopic (exact) mass is 273 g/mol. The van der Waals surface area contributed by atoms with Gasteiger partial charge in [0.25, 0.3) is 0 Å². The summed E-state index contributed by atoms with van der Waals surface area (Å²) < 4.78 is 43.8. The Labute approximate surface area is 111 Å². The lowest BCUT2D eigenvalue weighted by atomic mass is 9.88. The fourth-order valence-corrected chi connectivity index (χ4v) is 2.61. The molecule has 2 rings (SSSR count). The van der Waals surface area contributed by atoms with Crippen LogP contribution in [0.15, 0.2) is 18.2 Å². The van der Waals surface area contributed by atoms with E-state index in [0.717, 1.165) is 25.7 Å². The summed E-state index contributed by atoms with van der Waals surface area (Å²) in [5, 5.41) is 0. The van der Waals surface area contributed by atoms with E-state index in [4.69, 9.17) is 4.74 Å². The zero-order chi connectivity index (χ0) is 13.8. The minimum Gasteiger partial charge on any atom is -0.376 e. The van der Waals surface area contributed by atoms with Gasteiger partial charge in [-0.15, -0.1) is 0 Å². The third-order valence-corrected chi connectivity index (χ3v) is 3.49. The second kappa shape index (κ2) is 6.39. The van der Waals surface area contributed by atoms with Crippen LogP contribution in [0.4, 0.5) is 13.2 Å². The molecule has 1 aliphatic heterocycles. The first kappa shape index (κ1) is 14.3. The van der Waals surface area contributed by atoms with E-state index in [1.165, 1.54) is 19.2 Å². The van der Waals surface area contributed by atoms with Crippen molar-refractivity contribution in [2.75, 3.05) is 33.4 Å². The molecule has 2 nitrogen and oxygen atoms in total. The highest BCUT2D eigenvalue weighted by atomic mass is 19.1. The number of alkyl halides is 1. The van der Waals surface area contributed by atoms with Crippen molar-refractivity contribution < 1.29 is 17.9 Å². The number of benzene rings is 1. The normalized spacial score (nSPS) is 18.3. The topological polar surface area (TPSA) is 12.5 Å². The first-order valence-corrected chi connectivity index (χ1v) is 6.41. The summed E-state index contributed by atoms with van der Waals surface area (Å²) in [6, 6.07) is 3.47. The van der Waals surface area contributed by atoms with Crippen LogP contribution in [0.5, 0.6) is 0 Å². The third kappa shape index (κ3) is 3.48. The quantitative estimate of drug-likeness (QED) is 0.790. The van der Waals surface area contributed by atoms with Gasteiger partial charge in [-0.3, -0.25) is 4.39 Å². The number of hydrogen-bond donors (Lipinski definition) is 0. The number of halogens is 3. The highest BCUT2D eigenvalue weighted by molar-refractivity contribution is 5.22. The van der Waals surface area contributed by atoms with E-state index >= 15 is 0 Å². The average molecular weight is 273 g/mol. The molecular weight excluding hydrogens is 255 g/mol. The molecule has 0 saturated carbocycles. The van der Waals surface area contributed by atoms with E-state index in [-0.39, 0.29) is 18.7 Å². The van der Waals surface area contributed by atoms with Crippen LogP contribution in [0.25, 0.3) is 0 Å². The predicted octanol–water partition coefficient (Wildman–Crippen LogP) is 2.94. The van der Waals surface area contributed by atoms with Crippen LogP contribution in [-0.2, 0) is 4.74 Å². The lowest BCUT2D eigenvalue weighted by Gasteiger charge is -2.43. The van der Waals surface area contributed by atoms with Crippen LogP contribution in [0.2, 0.25) is 0 Å². The second-order valence-electron chi connectivity index (χ2n) is 4.92. The number of ether oxygens (including phenoxy) is 1. The van der Waals surface area contributed by atoms with Crippen molar-refractivity contribution in [3.63, 3.8) is 0 Å². The van der Waals surface area contributed by atoms with Gasteiger partial charge < -0.3 is 9.64 Å². The van der Waals surface area contributed by atoms with Crippen molar-refractivity contribution in [2.45, 2.75) is 12.5 Å². The molecule has 1 aliphatic rings. The first-order valence-electron chi connectivity index (χ1n) is 6.41. The maximum Gasteiger partial charge on any atom is 0.126 e. The molecule has 5 heteroatoms. The molecule has 0 spiro atoms. The van der Waals surface area contributed by atoms with Gasteiger partial charge in [-0.1, -0.05) is 0 Å². The molecule has 0 N–H and O–H groups in total. The number of hydrogen-bond acceptors (Lipinski definition) is 2. The number of methoxy groups -OCH3 is 1. The Morgan fingerprint density at radius 3 is 2.42 bits per heavy atom. The largest absolute Gasteiger partial charge is 0.376 e. The van der Waals surface area contributed by atoms with Gasteiger partial charge in [0, 0.05) is 38.7 Å². The number of rotatable bonds is 6. The molecule has 1 atom stereocenters. The zero-order valence-corrected chi connectivity index (χ0v) is 10.9. The lowest BCUT2D eigenvalue weighted by Crippen LogP contribution is -2.49. The molecule has 106 valence electrons. The Morgan fingerprint density at radius 2 is 1.89 bits per heavy atom. The van der Waals surface area contributed by atoms with Crippen LogP contribution in [0.1, 0.15) is 18.1 Å². The maximum atomic E-state index is 13.2. The van der Waals surface area contributed by atoms with Crippen LogP contribution >= 0.6 is 0 Å². The molecule has 1 saturated heterocycles. The molecule has 1 unspecified atom stereocenters. The second-order valence-corrected chi connectivity index (χ2v) is 4.92. The molecule has 1 aromatic carbocycles. The molecule has 1 fully saturated rings. The standard InChI is InChI=1S/C14H18F3NO/c1-19-14(10-5-12(16)7-13(17)6-10)11-8-18(9-11)4-2-3-15/h5-7,11,14H,2-4,8-9H2,1H3. The Hall–Kier alpha value is -1.07. The van der Waals surface area contributed by atoms with Gasteiger partial charge >= 0.3 is 0 Å². The summed E-state index contributed by atoms with van der Waals surface area (Å²) in [4.78, 5) is 2.12. The summed E-state index contributed by atoms with van der Waals surface area (Å²) >= 11 is 0. The SMILES string of the molecule is COC(c1cc(F)cc(F)c1)C1CN(CCCF)C1. The van der Waals surface area contributed by atoms with E-state index in [1.807, 2.05) is 0 Å². The van der Waals surface area contributed by atoms with Gasteiger partial charge in [-0.25, -0.2) is 8.78 Å². The van der Waals surface area contributed by atoms with Gasteiger partial charge in [-0.2, -0.15) is 0 Å². The molecular formula is C14H18F3NO. The van der Waals surface area contributed by atoms with Crippen molar-refractivity contribution in [1.29, 1.82) is 0 Å². The first-order chi connectivity index (χ1) is 9.13. The Balaban J connectivity index is 1.98. The maximum absolute atomic E-state index is 13.2. The average Bonchev–Trinajstić information content (AvgIpc) is 2.30. The highest BCUT2D eigenvalue weighted by Crippen LogP contribution is 2.33. The minimum absolute atomic E-state index is 0.200. The Kier molecular flexibility index (Phi) is 4.82. The summed E-state index contributed by atoms with van der Waals surface area (Å²) in [6.45, 7) is 1.96. The molecule has 1 aromatic rings. The van der Waals surface area contributed by atoms with Crippen molar-refractivity contribution in [3.8, 4) is 0 Å². The Bertz CT molecular complexity index is 401. The van der Waals surface area contributed by atoms with Crippen molar-refractivity contribution in [3.05, 3.63) is 35.4 Å². The highest BCUT2D eigenvalue weighted by Gasteiger charge is 2.34. The van der Waals surface area contributed by atoms with E-state index < -0.39 is 11.6 Å². The van der Waals surface area contributed by atoms with E-state index in [9.17, 15) is 13.2 Å². The predicted molar refractivity (Wildman–Crippen MR) is 66.6 cm³/mol. The molecule has 0 amide bonds. The van der Waals surface area contributed by atoms with Crippen molar-refractivity contribution >= 4 is 0 Å². The van der Waals surface area contributed by atoms with E-state index in [2.05, 4.69) is 4.90 Å². The summed E-state index contributed by atoms with van der Waals surface area (Å²) in [6.07, 6.45) is 0.214. The number of likely N-dealkylation sites (tertiary alicyclic amines) is 1. The summed E-state index contributed by atoms with van der Waals surface area (Å²) in [5.74, 6) is -0.984. The van der Waals surface area contributed by atoms with Crippen LogP contribution in [0, 0.1) is 17.6 Å². The lowest BCUT2D eigenvalue weighted by molar-refractivity contribution is -0.0312. The van der Waals surface area contributed by atoms with Crippen LogP contribution in [-0.4, -0.2) is 38.3 Å². The van der Waals surface area contributed by atoms with Crippen molar-refractivity contribution in [2.24, 2.45) is 5.92 Å². The Morgan fingerprint density at radius 1 is 1.26 bits per heavy atom. The fourth-order valence-electron chi connectivity index (χ4n) is 2.61. The molecule has 0 bridgehead atoms. The zero-order valence-electron chi connectivity index (χ0n) is 10.9. The molecule has 0 aromatic heterocycles. The smallest absolute Gasteiger partial charge is 0.126 e. The van der Waals surface area contributed by atoms with Crippen LogP contribution in [0.3, 0.4) is 0 Å². The van der Waals surface area contributed by atoms with Gasteiger partial charge in [0.1, 0.15) is 11.6 Å². The van der Waals surface area contributed by atoms with E-state index in [1.54, 1.807) is 0 Å². The summed E-state index contributed by atoms with van der Waals surface area (Å²) in [7, 11) is 1.54. The summed E-state index contributed by atoms with van der Waals surface area (Å²) in [5.41, 5.74) is 0.523. The molecule has 19 heavy (non-hydrogen) atoms. The van der Waals surface area contributed by atoms with E-state index in [0.29, 0.717) is 12.0 Å². The van der Waals surface area contributed by atoms with Gasteiger partial charge in [0.15, 0.2) is 0 Å². The van der Waals surface area contributed by atoms with Gasteiger partial charge in [0.2, 0.25) is 0 Å². The van der Waals surface area contributed by atoms with Crippen LogP contribution < -0.4 is 0 Å². The van der Waals surface area contributed by atoms with Crippen molar-refractivity contribution in [1.82, 2.24) is 4.90 Å². The van der Waals surface area contributed by atoms with Gasteiger partial charge in [-0.05, 0) is 24.1 Å². The minimum atomic E-state index is -0.592. The van der Waals surface area contributed by atoms with Gasteiger partial charge in [0.05, 0.1) is 12.8 Å². The molecule has 1 heterocycles. The fraction of sp³-hybridized carbons (Fsp3) is 0.571. The molecule has 0 aliphatic carbocycles. The molecule has 0 radical (unpaired) electrons. The third-order valence-electron chi connectivity index (χ3n) is 3.49.